The van der Waals surface area contributed by atoms with Crippen LogP contribution in [0.1, 0.15) is 36.5 Å². The van der Waals surface area contributed by atoms with Gasteiger partial charge < -0.3 is 15.2 Å². The monoisotopic (exact) mass is 279 g/mol. The summed E-state index contributed by atoms with van der Waals surface area (Å²) in [6.45, 7) is 3.55. The van der Waals surface area contributed by atoms with E-state index in [0.717, 1.165) is 61.0 Å². The van der Waals surface area contributed by atoms with Gasteiger partial charge in [-0.3, -0.25) is 0 Å². The Hall–Kier alpha value is -0.930. The van der Waals surface area contributed by atoms with Gasteiger partial charge in [0, 0.05) is 41.0 Å². The summed E-state index contributed by atoms with van der Waals surface area (Å²) in [7, 11) is 0. The van der Waals surface area contributed by atoms with Crippen molar-refractivity contribution in [3.8, 4) is 11.5 Å². The van der Waals surface area contributed by atoms with Gasteiger partial charge in [-0.25, -0.2) is 0 Å². The van der Waals surface area contributed by atoms with Crippen LogP contribution in [0.5, 0.6) is 11.5 Å². The molecule has 102 valence electrons. The van der Waals surface area contributed by atoms with Crippen molar-refractivity contribution in [2.75, 3.05) is 13.2 Å². The molecule has 0 aromatic heterocycles. The summed E-state index contributed by atoms with van der Waals surface area (Å²) in [6, 6.07) is 0.145. The maximum absolute atomic E-state index is 6.49. The molecule has 1 unspecified atom stereocenters. The molecular weight excluding hydrogens is 262 g/mol. The third kappa shape index (κ3) is 1.43. The fourth-order valence-electron chi connectivity index (χ4n) is 3.65. The molecule has 2 aliphatic heterocycles. The van der Waals surface area contributed by atoms with Crippen LogP contribution < -0.4 is 15.2 Å². The van der Waals surface area contributed by atoms with E-state index in [4.69, 9.17) is 26.8 Å². The second-order valence-electron chi connectivity index (χ2n) is 5.95. The van der Waals surface area contributed by atoms with Crippen LogP contribution in [0, 0.1) is 0 Å². The Morgan fingerprint density at radius 2 is 1.74 bits per heavy atom. The Kier molecular flexibility index (Phi) is 2.37. The lowest BCUT2D eigenvalue weighted by Crippen LogP contribution is -2.32. The van der Waals surface area contributed by atoms with Crippen molar-refractivity contribution >= 4 is 11.6 Å². The molecule has 1 saturated carbocycles. The van der Waals surface area contributed by atoms with Crippen molar-refractivity contribution in [2.45, 2.75) is 44.1 Å². The van der Waals surface area contributed by atoms with E-state index in [0.29, 0.717) is 0 Å². The van der Waals surface area contributed by atoms with Gasteiger partial charge in [-0.15, -0.1) is 0 Å². The fraction of sp³-hybridized carbons (Fsp3) is 0.600. The quantitative estimate of drug-likeness (QED) is 0.905. The van der Waals surface area contributed by atoms with E-state index in [-0.39, 0.29) is 11.5 Å². The molecule has 0 amide bonds. The first-order valence-corrected chi connectivity index (χ1v) is 7.42. The molecule has 2 N–H and O–H groups in total. The molecule has 3 aliphatic rings. The zero-order valence-electron chi connectivity index (χ0n) is 11.1. The number of hydrogen-bond donors (Lipinski definition) is 1. The Morgan fingerprint density at radius 1 is 1.11 bits per heavy atom. The van der Waals surface area contributed by atoms with E-state index >= 15 is 0 Å². The molecule has 1 aromatic rings. The Balaban J connectivity index is 2.01. The molecule has 4 rings (SSSR count). The molecule has 19 heavy (non-hydrogen) atoms. The molecule has 2 heterocycles. The van der Waals surface area contributed by atoms with Crippen molar-refractivity contribution in [3.63, 3.8) is 0 Å². The minimum absolute atomic E-state index is 0.0940. The molecule has 3 nitrogen and oxygen atoms in total. The van der Waals surface area contributed by atoms with E-state index in [1.807, 2.05) is 0 Å². The summed E-state index contributed by atoms with van der Waals surface area (Å²) in [6.07, 6.45) is 4.10. The molecule has 1 atom stereocenters. The molecule has 1 aliphatic carbocycles. The van der Waals surface area contributed by atoms with E-state index in [9.17, 15) is 0 Å². The number of halogens is 1. The molecule has 1 aromatic carbocycles. The number of ether oxygens (including phenoxy) is 2. The van der Waals surface area contributed by atoms with Gasteiger partial charge in [-0.1, -0.05) is 11.6 Å². The number of hydrogen-bond acceptors (Lipinski definition) is 3. The van der Waals surface area contributed by atoms with Gasteiger partial charge in [0.25, 0.3) is 0 Å². The van der Waals surface area contributed by atoms with Crippen LogP contribution in [0.25, 0.3) is 0 Å². The summed E-state index contributed by atoms with van der Waals surface area (Å²) in [4.78, 5) is 0. The first-order chi connectivity index (χ1) is 9.15. The molecular formula is C15H18ClNO2. The highest BCUT2D eigenvalue weighted by atomic mass is 35.5. The van der Waals surface area contributed by atoms with Crippen molar-refractivity contribution in [2.24, 2.45) is 5.73 Å². The van der Waals surface area contributed by atoms with Crippen molar-refractivity contribution in [1.29, 1.82) is 0 Å². The minimum atomic E-state index is 0.0940. The summed E-state index contributed by atoms with van der Waals surface area (Å²) < 4.78 is 11.7. The lowest BCUT2D eigenvalue weighted by Gasteiger charge is -2.25. The van der Waals surface area contributed by atoms with E-state index in [1.54, 1.807) is 0 Å². The van der Waals surface area contributed by atoms with Crippen LogP contribution in [-0.2, 0) is 18.3 Å². The normalized spacial score (nSPS) is 23.3. The zero-order valence-corrected chi connectivity index (χ0v) is 11.8. The van der Waals surface area contributed by atoms with E-state index in [2.05, 4.69) is 6.92 Å². The van der Waals surface area contributed by atoms with Crippen LogP contribution in [0.4, 0.5) is 0 Å². The second kappa shape index (κ2) is 3.80. The highest BCUT2D eigenvalue weighted by molar-refractivity contribution is 6.33. The Morgan fingerprint density at radius 3 is 2.37 bits per heavy atom. The molecule has 0 bridgehead atoms. The van der Waals surface area contributed by atoms with Gasteiger partial charge in [-0.2, -0.15) is 0 Å². The lowest BCUT2D eigenvalue weighted by molar-refractivity contribution is 0.347. The summed E-state index contributed by atoms with van der Waals surface area (Å²) >= 11 is 6.49. The van der Waals surface area contributed by atoms with Crippen LogP contribution in [0.15, 0.2) is 0 Å². The fourth-order valence-corrected chi connectivity index (χ4v) is 4.00. The SMILES string of the molecule is CC(N)C1(c2c3c(c(Cl)c4c2OCC4)OCC3)CC1. The molecule has 4 heteroatoms. The van der Waals surface area contributed by atoms with Gasteiger partial charge >= 0.3 is 0 Å². The first kappa shape index (κ1) is 11.9. The summed E-state index contributed by atoms with van der Waals surface area (Å²) in [5, 5.41) is 0.768. The van der Waals surface area contributed by atoms with Crippen LogP contribution in [0.3, 0.4) is 0 Å². The number of fused-ring (bicyclic) bond motifs is 2. The van der Waals surface area contributed by atoms with Crippen LogP contribution in [0.2, 0.25) is 5.02 Å². The Bertz CT molecular complexity index is 529. The van der Waals surface area contributed by atoms with Gasteiger partial charge in [0.1, 0.15) is 11.5 Å². The molecule has 0 radical (unpaired) electrons. The van der Waals surface area contributed by atoms with Crippen LogP contribution in [-0.4, -0.2) is 19.3 Å². The van der Waals surface area contributed by atoms with Gasteiger partial charge in [0.15, 0.2) is 0 Å². The largest absolute Gasteiger partial charge is 0.493 e. The van der Waals surface area contributed by atoms with Crippen LogP contribution >= 0.6 is 11.6 Å². The van der Waals surface area contributed by atoms with E-state index in [1.165, 1.54) is 11.1 Å². The van der Waals surface area contributed by atoms with Crippen molar-refractivity contribution in [3.05, 3.63) is 21.7 Å². The number of benzene rings is 1. The smallest absolute Gasteiger partial charge is 0.142 e. The van der Waals surface area contributed by atoms with Crippen molar-refractivity contribution in [1.82, 2.24) is 0 Å². The predicted molar refractivity (Wildman–Crippen MR) is 74.4 cm³/mol. The van der Waals surface area contributed by atoms with Gasteiger partial charge in [0.05, 0.1) is 18.2 Å². The molecule has 0 spiro atoms. The standard InChI is InChI=1S/C15H18ClNO2/c1-8(17)15(4-5-15)11-9-2-6-19-14(9)12(16)10-3-7-18-13(10)11/h8H,2-7,17H2,1H3. The maximum Gasteiger partial charge on any atom is 0.142 e. The van der Waals surface area contributed by atoms with Gasteiger partial charge in [-0.05, 0) is 19.8 Å². The van der Waals surface area contributed by atoms with Crippen molar-refractivity contribution < 1.29 is 9.47 Å². The summed E-state index contributed by atoms with van der Waals surface area (Å²) in [5.74, 6) is 1.91. The van der Waals surface area contributed by atoms with Gasteiger partial charge in [0.2, 0.25) is 0 Å². The maximum atomic E-state index is 6.49. The third-order valence-corrected chi connectivity index (χ3v) is 5.30. The highest BCUT2D eigenvalue weighted by Crippen LogP contribution is 2.59. The highest BCUT2D eigenvalue weighted by Gasteiger charge is 2.52. The zero-order chi connectivity index (χ0) is 13.2. The summed E-state index contributed by atoms with van der Waals surface area (Å²) in [5.41, 5.74) is 10.0. The molecule has 1 fully saturated rings. The molecule has 0 saturated heterocycles. The van der Waals surface area contributed by atoms with E-state index < -0.39 is 0 Å². The average Bonchev–Trinajstić information content (AvgIpc) is 2.85. The first-order valence-electron chi connectivity index (χ1n) is 7.04. The lowest BCUT2D eigenvalue weighted by atomic mass is 9.83. The average molecular weight is 280 g/mol. The third-order valence-electron chi connectivity index (χ3n) is 4.90. The number of nitrogens with two attached hydrogens (primary N) is 1. The topological polar surface area (TPSA) is 44.5 Å². The number of rotatable bonds is 2. The predicted octanol–water partition coefficient (Wildman–Crippen LogP) is 2.59. The Labute approximate surface area is 118 Å². The minimum Gasteiger partial charge on any atom is -0.493 e. The second-order valence-corrected chi connectivity index (χ2v) is 6.32.